The average molecular weight is 305 g/mol. The van der Waals surface area contributed by atoms with Crippen molar-refractivity contribution < 1.29 is 9.53 Å². The minimum absolute atomic E-state index is 0.136. The molecule has 21 heavy (non-hydrogen) atoms. The molecule has 0 aliphatic heterocycles. The van der Waals surface area contributed by atoms with Crippen molar-refractivity contribution in [2.75, 3.05) is 24.3 Å². The third-order valence-corrected chi connectivity index (χ3v) is 3.23. The van der Waals surface area contributed by atoms with Crippen LogP contribution in [0.15, 0.2) is 42.5 Å². The molecule has 2 aromatic rings. The first kappa shape index (κ1) is 15.2. The topological polar surface area (TPSA) is 50.4 Å². The highest BCUT2D eigenvalue weighted by molar-refractivity contribution is 6.30. The lowest BCUT2D eigenvalue weighted by Crippen LogP contribution is -2.22. The summed E-state index contributed by atoms with van der Waals surface area (Å²) in [6.07, 6.45) is 0. The molecule has 0 fully saturated rings. The van der Waals surface area contributed by atoms with E-state index >= 15 is 0 Å². The molecule has 0 radical (unpaired) electrons. The molecule has 0 aromatic heterocycles. The van der Waals surface area contributed by atoms with Crippen molar-refractivity contribution in [2.45, 2.75) is 6.92 Å². The largest absolute Gasteiger partial charge is 0.497 e. The Balaban J connectivity index is 1.94. The normalized spacial score (nSPS) is 10.0. The number of halogens is 1. The second-order valence-corrected chi connectivity index (χ2v) is 5.03. The fraction of sp³-hybridized carbons (Fsp3) is 0.188. The van der Waals surface area contributed by atoms with Gasteiger partial charge in [-0.25, -0.2) is 0 Å². The molecule has 0 saturated carbocycles. The standard InChI is InChI=1S/C16H17ClN2O2/c1-11-6-7-12(17)8-15(11)18-10-16(20)19-13-4-3-5-14(9-13)21-2/h3-9,18H,10H2,1-2H3,(H,19,20). The number of anilines is 2. The zero-order chi connectivity index (χ0) is 15.2. The van der Waals surface area contributed by atoms with Crippen LogP contribution in [0.1, 0.15) is 5.56 Å². The summed E-state index contributed by atoms with van der Waals surface area (Å²) in [5.74, 6) is 0.564. The first-order chi connectivity index (χ1) is 10.1. The van der Waals surface area contributed by atoms with Crippen LogP contribution in [0.3, 0.4) is 0 Å². The SMILES string of the molecule is COc1cccc(NC(=O)CNc2cc(Cl)ccc2C)c1. The van der Waals surface area contributed by atoms with E-state index in [4.69, 9.17) is 16.3 Å². The van der Waals surface area contributed by atoms with Crippen LogP contribution < -0.4 is 15.4 Å². The zero-order valence-electron chi connectivity index (χ0n) is 11.9. The molecular weight excluding hydrogens is 288 g/mol. The van der Waals surface area contributed by atoms with Crippen molar-refractivity contribution in [3.8, 4) is 5.75 Å². The van der Waals surface area contributed by atoms with E-state index in [1.807, 2.05) is 37.3 Å². The number of aryl methyl sites for hydroxylation is 1. The van der Waals surface area contributed by atoms with Crippen molar-refractivity contribution in [3.05, 3.63) is 53.1 Å². The van der Waals surface area contributed by atoms with Crippen LogP contribution in [0.5, 0.6) is 5.75 Å². The van der Waals surface area contributed by atoms with Crippen LogP contribution in [0.25, 0.3) is 0 Å². The second-order valence-electron chi connectivity index (χ2n) is 4.59. The van der Waals surface area contributed by atoms with E-state index in [2.05, 4.69) is 10.6 Å². The van der Waals surface area contributed by atoms with E-state index in [1.165, 1.54) is 0 Å². The molecule has 0 saturated heterocycles. The predicted octanol–water partition coefficient (Wildman–Crippen LogP) is 3.71. The number of hydrogen-bond acceptors (Lipinski definition) is 3. The number of rotatable bonds is 5. The Morgan fingerprint density at radius 3 is 2.81 bits per heavy atom. The number of methoxy groups -OCH3 is 1. The Kier molecular flexibility index (Phi) is 5.06. The lowest BCUT2D eigenvalue weighted by atomic mass is 10.2. The van der Waals surface area contributed by atoms with Gasteiger partial charge < -0.3 is 15.4 Å². The molecule has 2 N–H and O–H groups in total. The van der Waals surface area contributed by atoms with Crippen LogP contribution in [0, 0.1) is 6.92 Å². The molecule has 1 amide bonds. The summed E-state index contributed by atoms with van der Waals surface area (Å²) < 4.78 is 5.11. The monoisotopic (exact) mass is 304 g/mol. The molecule has 2 aromatic carbocycles. The quantitative estimate of drug-likeness (QED) is 0.885. The number of benzene rings is 2. The summed E-state index contributed by atoms with van der Waals surface area (Å²) in [7, 11) is 1.59. The lowest BCUT2D eigenvalue weighted by molar-refractivity contribution is -0.114. The maximum absolute atomic E-state index is 11.9. The maximum Gasteiger partial charge on any atom is 0.243 e. The molecule has 0 bridgehead atoms. The zero-order valence-corrected chi connectivity index (χ0v) is 12.7. The third-order valence-electron chi connectivity index (χ3n) is 2.99. The molecule has 0 aliphatic carbocycles. The first-order valence-corrected chi connectivity index (χ1v) is 6.90. The first-order valence-electron chi connectivity index (χ1n) is 6.52. The molecule has 4 nitrogen and oxygen atoms in total. The highest BCUT2D eigenvalue weighted by Crippen LogP contribution is 2.20. The number of amides is 1. The van der Waals surface area contributed by atoms with Gasteiger partial charge in [-0.1, -0.05) is 23.7 Å². The van der Waals surface area contributed by atoms with Crippen molar-refractivity contribution in [2.24, 2.45) is 0 Å². The summed E-state index contributed by atoms with van der Waals surface area (Å²) in [5, 5.41) is 6.52. The van der Waals surface area contributed by atoms with Gasteiger partial charge in [0.15, 0.2) is 0 Å². The van der Waals surface area contributed by atoms with Crippen molar-refractivity contribution >= 4 is 28.9 Å². The van der Waals surface area contributed by atoms with E-state index in [9.17, 15) is 4.79 Å². The van der Waals surface area contributed by atoms with Gasteiger partial charge in [0.1, 0.15) is 5.75 Å². The van der Waals surface area contributed by atoms with Gasteiger partial charge in [0.2, 0.25) is 5.91 Å². The fourth-order valence-corrected chi connectivity index (χ4v) is 2.04. The van der Waals surface area contributed by atoms with Gasteiger partial charge in [0.05, 0.1) is 13.7 Å². The average Bonchev–Trinajstić information content (AvgIpc) is 2.48. The van der Waals surface area contributed by atoms with Gasteiger partial charge in [-0.15, -0.1) is 0 Å². The fourth-order valence-electron chi connectivity index (χ4n) is 1.87. The van der Waals surface area contributed by atoms with E-state index in [0.717, 1.165) is 11.3 Å². The maximum atomic E-state index is 11.9. The van der Waals surface area contributed by atoms with Crippen LogP contribution >= 0.6 is 11.6 Å². The number of ether oxygens (including phenoxy) is 1. The second kappa shape index (κ2) is 6.99. The molecule has 0 heterocycles. The van der Waals surface area contributed by atoms with E-state index in [0.29, 0.717) is 16.5 Å². The molecule has 0 atom stereocenters. The molecule has 110 valence electrons. The highest BCUT2D eigenvalue weighted by Gasteiger charge is 2.05. The van der Waals surface area contributed by atoms with Crippen LogP contribution in [0.4, 0.5) is 11.4 Å². The molecule has 0 unspecified atom stereocenters. The van der Waals surface area contributed by atoms with E-state index in [1.54, 1.807) is 19.2 Å². The summed E-state index contributed by atoms with van der Waals surface area (Å²) in [5.41, 5.74) is 2.58. The van der Waals surface area contributed by atoms with Gasteiger partial charge in [-0.2, -0.15) is 0 Å². The van der Waals surface area contributed by atoms with Gasteiger partial charge in [-0.05, 0) is 36.8 Å². The summed E-state index contributed by atoms with van der Waals surface area (Å²) in [6, 6.07) is 12.7. The van der Waals surface area contributed by atoms with Crippen LogP contribution in [0.2, 0.25) is 5.02 Å². The lowest BCUT2D eigenvalue weighted by Gasteiger charge is -2.11. The Morgan fingerprint density at radius 2 is 2.05 bits per heavy atom. The highest BCUT2D eigenvalue weighted by atomic mass is 35.5. The Morgan fingerprint density at radius 1 is 1.24 bits per heavy atom. The number of nitrogens with one attached hydrogen (secondary N) is 2. The van der Waals surface area contributed by atoms with Crippen molar-refractivity contribution in [1.82, 2.24) is 0 Å². The molecule has 5 heteroatoms. The van der Waals surface area contributed by atoms with Gasteiger partial charge in [0, 0.05) is 22.5 Å². The van der Waals surface area contributed by atoms with E-state index < -0.39 is 0 Å². The van der Waals surface area contributed by atoms with Crippen LogP contribution in [-0.4, -0.2) is 19.6 Å². The minimum atomic E-state index is -0.136. The van der Waals surface area contributed by atoms with Gasteiger partial charge in [0.25, 0.3) is 0 Å². The Labute approximate surface area is 129 Å². The van der Waals surface area contributed by atoms with Crippen LogP contribution in [-0.2, 0) is 4.79 Å². The summed E-state index contributed by atoms with van der Waals surface area (Å²) in [6.45, 7) is 2.12. The Bertz CT molecular complexity index is 644. The predicted molar refractivity (Wildman–Crippen MR) is 86.3 cm³/mol. The van der Waals surface area contributed by atoms with Crippen molar-refractivity contribution in [1.29, 1.82) is 0 Å². The third kappa shape index (κ3) is 4.39. The molecule has 0 aliphatic rings. The smallest absolute Gasteiger partial charge is 0.243 e. The van der Waals surface area contributed by atoms with Gasteiger partial charge in [-0.3, -0.25) is 4.79 Å². The summed E-state index contributed by atoms with van der Waals surface area (Å²) in [4.78, 5) is 11.9. The molecular formula is C16H17ClN2O2. The van der Waals surface area contributed by atoms with Gasteiger partial charge >= 0.3 is 0 Å². The van der Waals surface area contributed by atoms with E-state index in [-0.39, 0.29) is 12.5 Å². The molecule has 0 spiro atoms. The summed E-state index contributed by atoms with van der Waals surface area (Å²) >= 11 is 5.94. The number of carbonyl (C=O) groups excluding carboxylic acids is 1. The minimum Gasteiger partial charge on any atom is -0.497 e. The number of hydrogen-bond donors (Lipinski definition) is 2. The van der Waals surface area contributed by atoms with Crippen molar-refractivity contribution in [3.63, 3.8) is 0 Å². The Hall–Kier alpha value is -2.20. The molecule has 2 rings (SSSR count). The number of carbonyl (C=O) groups is 1.